The lowest BCUT2D eigenvalue weighted by Crippen LogP contribution is -2.49. The van der Waals surface area contributed by atoms with E-state index in [1.54, 1.807) is 0 Å². The molecule has 1 aliphatic rings. The first-order chi connectivity index (χ1) is 8.15. The first kappa shape index (κ1) is 12.5. The number of nitrogens with one attached hydrogen (secondary N) is 2. The van der Waals surface area contributed by atoms with Crippen molar-refractivity contribution in [3.63, 3.8) is 0 Å². The Morgan fingerprint density at radius 3 is 3.29 bits per heavy atom. The number of amides is 1. The molecule has 1 amide bonds. The minimum absolute atomic E-state index is 0.0681. The van der Waals surface area contributed by atoms with E-state index in [1.165, 1.54) is 18.3 Å². The van der Waals surface area contributed by atoms with Crippen LogP contribution in [0.2, 0.25) is 0 Å². The van der Waals surface area contributed by atoms with Gasteiger partial charge in [-0.3, -0.25) is 9.69 Å². The Balaban J connectivity index is 1.93. The summed E-state index contributed by atoms with van der Waals surface area (Å²) in [6.45, 7) is 7.69. The minimum Gasteiger partial charge on any atom is -0.314 e. The minimum atomic E-state index is -0.0681. The molecule has 2 N–H and O–H groups in total. The third kappa shape index (κ3) is 3.49. The van der Waals surface area contributed by atoms with E-state index in [0.29, 0.717) is 11.2 Å². The Kier molecular flexibility index (Phi) is 4.09. The molecule has 94 valence electrons. The van der Waals surface area contributed by atoms with Crippen molar-refractivity contribution in [3.8, 4) is 0 Å². The summed E-state index contributed by atoms with van der Waals surface area (Å²) in [5.41, 5.74) is 1.03. The molecule has 2 heterocycles. The highest BCUT2D eigenvalue weighted by atomic mass is 32.1. The van der Waals surface area contributed by atoms with Crippen LogP contribution < -0.4 is 10.6 Å². The van der Waals surface area contributed by atoms with Gasteiger partial charge in [-0.2, -0.15) is 0 Å². The second kappa shape index (κ2) is 5.57. The summed E-state index contributed by atoms with van der Waals surface area (Å²) in [4.78, 5) is 17.7. The molecule has 0 unspecified atom stereocenters. The van der Waals surface area contributed by atoms with E-state index in [1.807, 2.05) is 5.38 Å². The Morgan fingerprint density at radius 2 is 2.59 bits per heavy atom. The van der Waals surface area contributed by atoms with Crippen LogP contribution in [0.1, 0.15) is 19.5 Å². The van der Waals surface area contributed by atoms with Crippen LogP contribution in [-0.4, -0.2) is 41.5 Å². The highest BCUT2D eigenvalue weighted by molar-refractivity contribution is 7.13. The summed E-state index contributed by atoms with van der Waals surface area (Å²) in [5.74, 6) is -0.0681. The van der Waals surface area contributed by atoms with E-state index in [0.717, 1.165) is 31.9 Å². The van der Waals surface area contributed by atoms with Gasteiger partial charge in [-0.05, 0) is 6.92 Å². The summed E-state index contributed by atoms with van der Waals surface area (Å²) in [7, 11) is 0. The van der Waals surface area contributed by atoms with Crippen molar-refractivity contribution in [2.75, 3.05) is 25.0 Å². The van der Waals surface area contributed by atoms with Crippen molar-refractivity contribution in [1.82, 2.24) is 15.2 Å². The number of carbonyl (C=O) groups is 1. The monoisotopic (exact) mass is 254 g/mol. The second-order valence-electron chi connectivity index (χ2n) is 4.35. The Morgan fingerprint density at radius 1 is 1.76 bits per heavy atom. The third-order valence-corrected chi connectivity index (χ3v) is 3.65. The molecule has 0 aliphatic carbocycles. The number of carbonyl (C=O) groups excluding carboxylic acids is 1. The van der Waals surface area contributed by atoms with Gasteiger partial charge in [-0.1, -0.05) is 0 Å². The van der Waals surface area contributed by atoms with E-state index >= 15 is 0 Å². The van der Waals surface area contributed by atoms with Gasteiger partial charge in [0.15, 0.2) is 5.13 Å². The molecule has 1 fully saturated rings. The van der Waals surface area contributed by atoms with E-state index < -0.39 is 0 Å². The van der Waals surface area contributed by atoms with Gasteiger partial charge in [0.1, 0.15) is 0 Å². The zero-order valence-corrected chi connectivity index (χ0v) is 11.0. The van der Waals surface area contributed by atoms with Crippen LogP contribution in [0.5, 0.6) is 0 Å². The molecule has 1 saturated heterocycles. The standard InChI is InChI=1S/C11H18N4OS/c1-8-5-12-3-4-15(8)6-10-7-17-11(14-10)13-9(2)16/h7-8,12H,3-6H2,1-2H3,(H,13,14,16)/t8-/m1/s1. The first-order valence-electron chi connectivity index (χ1n) is 5.82. The van der Waals surface area contributed by atoms with Crippen molar-refractivity contribution >= 4 is 22.4 Å². The summed E-state index contributed by atoms with van der Waals surface area (Å²) in [6, 6.07) is 0.537. The van der Waals surface area contributed by atoms with Crippen molar-refractivity contribution in [3.05, 3.63) is 11.1 Å². The fourth-order valence-electron chi connectivity index (χ4n) is 1.91. The smallest absolute Gasteiger partial charge is 0.223 e. The second-order valence-corrected chi connectivity index (χ2v) is 5.21. The Hall–Kier alpha value is -0.980. The van der Waals surface area contributed by atoms with Crippen LogP contribution in [0.3, 0.4) is 0 Å². The molecule has 1 aromatic heterocycles. The number of thiazole rings is 1. The van der Waals surface area contributed by atoms with Crippen molar-refractivity contribution in [1.29, 1.82) is 0 Å². The van der Waals surface area contributed by atoms with Gasteiger partial charge >= 0.3 is 0 Å². The molecule has 0 spiro atoms. The lowest BCUT2D eigenvalue weighted by Gasteiger charge is -2.33. The summed E-state index contributed by atoms with van der Waals surface area (Å²) in [5, 5.41) is 8.78. The summed E-state index contributed by atoms with van der Waals surface area (Å²) in [6.07, 6.45) is 0. The predicted molar refractivity (Wildman–Crippen MR) is 69.2 cm³/mol. The highest BCUT2D eigenvalue weighted by Crippen LogP contribution is 2.17. The highest BCUT2D eigenvalue weighted by Gasteiger charge is 2.18. The average molecular weight is 254 g/mol. The fourth-order valence-corrected chi connectivity index (χ4v) is 2.66. The van der Waals surface area contributed by atoms with Gasteiger partial charge in [0.05, 0.1) is 5.69 Å². The molecule has 5 nitrogen and oxygen atoms in total. The van der Waals surface area contributed by atoms with Crippen LogP contribution in [0.4, 0.5) is 5.13 Å². The Bertz CT molecular complexity index is 393. The maximum Gasteiger partial charge on any atom is 0.223 e. The van der Waals surface area contributed by atoms with E-state index in [-0.39, 0.29) is 5.91 Å². The van der Waals surface area contributed by atoms with E-state index in [4.69, 9.17) is 0 Å². The molecule has 1 aromatic rings. The van der Waals surface area contributed by atoms with Crippen LogP contribution in [0.15, 0.2) is 5.38 Å². The topological polar surface area (TPSA) is 57.3 Å². The molecule has 17 heavy (non-hydrogen) atoms. The van der Waals surface area contributed by atoms with E-state index in [9.17, 15) is 4.79 Å². The maximum absolute atomic E-state index is 10.9. The number of piperazine rings is 1. The molecule has 0 bridgehead atoms. The molecule has 1 atom stereocenters. The van der Waals surface area contributed by atoms with Crippen molar-refractivity contribution in [2.45, 2.75) is 26.4 Å². The van der Waals surface area contributed by atoms with Crippen LogP contribution in [-0.2, 0) is 11.3 Å². The normalized spacial score (nSPS) is 21.4. The number of nitrogens with zero attached hydrogens (tertiary/aromatic N) is 2. The molecular formula is C11H18N4OS. The van der Waals surface area contributed by atoms with Crippen molar-refractivity contribution in [2.24, 2.45) is 0 Å². The molecule has 0 saturated carbocycles. The zero-order chi connectivity index (χ0) is 12.3. The van der Waals surface area contributed by atoms with Gasteiger partial charge < -0.3 is 10.6 Å². The van der Waals surface area contributed by atoms with Crippen molar-refractivity contribution < 1.29 is 4.79 Å². The third-order valence-electron chi connectivity index (χ3n) is 2.84. The largest absolute Gasteiger partial charge is 0.314 e. The molecule has 0 aromatic carbocycles. The lowest BCUT2D eigenvalue weighted by molar-refractivity contribution is -0.114. The van der Waals surface area contributed by atoms with Gasteiger partial charge in [0.2, 0.25) is 5.91 Å². The maximum atomic E-state index is 10.9. The number of rotatable bonds is 3. The number of anilines is 1. The van der Waals surface area contributed by atoms with Crippen LogP contribution in [0, 0.1) is 0 Å². The van der Waals surface area contributed by atoms with Gasteiger partial charge in [0, 0.05) is 44.5 Å². The lowest BCUT2D eigenvalue weighted by atomic mass is 10.2. The zero-order valence-electron chi connectivity index (χ0n) is 10.2. The quantitative estimate of drug-likeness (QED) is 0.841. The van der Waals surface area contributed by atoms with E-state index in [2.05, 4.69) is 27.4 Å². The molecule has 2 rings (SSSR count). The summed E-state index contributed by atoms with van der Waals surface area (Å²) >= 11 is 1.48. The van der Waals surface area contributed by atoms with Crippen LogP contribution in [0.25, 0.3) is 0 Å². The molecular weight excluding hydrogens is 236 g/mol. The number of aromatic nitrogens is 1. The van der Waals surface area contributed by atoms with Gasteiger partial charge in [-0.15, -0.1) is 11.3 Å². The SMILES string of the molecule is CC(=O)Nc1nc(CN2CCNC[C@H]2C)cs1. The van der Waals surface area contributed by atoms with Crippen LogP contribution >= 0.6 is 11.3 Å². The fraction of sp³-hybridized carbons (Fsp3) is 0.636. The summed E-state index contributed by atoms with van der Waals surface area (Å²) < 4.78 is 0. The Labute approximate surface area is 105 Å². The molecule has 6 heteroatoms. The van der Waals surface area contributed by atoms with Gasteiger partial charge in [-0.25, -0.2) is 4.98 Å². The predicted octanol–water partition coefficient (Wildman–Crippen LogP) is 0.895. The molecule has 0 radical (unpaired) electrons. The average Bonchev–Trinajstić information content (AvgIpc) is 2.68. The number of hydrogen-bond acceptors (Lipinski definition) is 5. The molecule has 1 aliphatic heterocycles. The number of hydrogen-bond donors (Lipinski definition) is 2. The van der Waals surface area contributed by atoms with Gasteiger partial charge in [0.25, 0.3) is 0 Å². The first-order valence-corrected chi connectivity index (χ1v) is 6.70.